The predicted octanol–water partition coefficient (Wildman–Crippen LogP) is 4.30. The average molecular weight is 1080 g/mol. The maximum Gasteiger partial charge on any atom is 0.330 e. The molecule has 10 aromatic rings. The van der Waals surface area contributed by atoms with Crippen molar-refractivity contribution in [3.8, 4) is 34.7 Å². The van der Waals surface area contributed by atoms with Crippen LogP contribution in [0, 0.1) is 4.77 Å². The lowest BCUT2D eigenvalue weighted by molar-refractivity contribution is 0.146. The molecule has 408 valence electrons. The molecule has 0 unspecified atom stereocenters. The second-order valence-corrected chi connectivity index (χ2v) is 19.3. The minimum atomic E-state index is -0.168. The molecular weight excluding hydrogens is 1020 g/mol. The quantitative estimate of drug-likeness (QED) is 0.0897. The highest BCUT2D eigenvalue weighted by atomic mass is 32.1. The van der Waals surface area contributed by atoms with Crippen LogP contribution in [0.2, 0.25) is 0 Å². The minimum absolute atomic E-state index is 0.158. The molecule has 0 radical (unpaired) electrons. The van der Waals surface area contributed by atoms with E-state index < -0.39 is 0 Å². The summed E-state index contributed by atoms with van der Waals surface area (Å²) < 4.78 is 43.2. The number of ether oxygens (including phenoxy) is 4. The number of nitrogens with zero attached hydrogens (tertiary/aromatic N) is 16. The highest BCUT2D eigenvalue weighted by Crippen LogP contribution is 2.28. The van der Waals surface area contributed by atoms with Gasteiger partial charge >= 0.3 is 5.69 Å². The molecule has 0 spiro atoms. The number of rotatable bonds is 18. The van der Waals surface area contributed by atoms with E-state index in [1.165, 1.54) is 20.4 Å². The van der Waals surface area contributed by atoms with Crippen LogP contribution in [0.15, 0.2) is 99.0 Å². The van der Waals surface area contributed by atoms with Crippen LogP contribution in [0.25, 0.3) is 56.8 Å². The Morgan fingerprint density at radius 3 is 1.41 bits per heavy atom. The van der Waals surface area contributed by atoms with Gasteiger partial charge in [-0.2, -0.15) is 19.0 Å². The SMILES string of the molecule is COCCOc1ccc(N2CCN(CCn3c(=O)n(C)c4c3nc(N)n3nc(-c5ccco5)nc43)CC2)cc1.COCCOc1ccc(N2CCN(CCn3c(=S)n(C)c4c3nc(N)n3nc(-c5ccco5)nc43)CC2)cc1. The first-order valence-electron chi connectivity index (χ1n) is 25.8. The second-order valence-electron chi connectivity index (χ2n) is 18.9. The maximum atomic E-state index is 13.2. The summed E-state index contributed by atoms with van der Waals surface area (Å²) in [5.41, 5.74) is 18.4. The van der Waals surface area contributed by atoms with Crippen molar-refractivity contribution in [2.45, 2.75) is 13.1 Å². The zero-order valence-electron chi connectivity index (χ0n) is 44.0. The van der Waals surface area contributed by atoms with E-state index >= 15 is 0 Å². The molecule has 12 rings (SSSR count). The molecule has 8 aromatic heterocycles. The molecule has 2 aromatic carbocycles. The number of aromatic nitrogens is 12. The molecule has 0 bridgehead atoms. The Balaban J connectivity index is 0.000000165. The van der Waals surface area contributed by atoms with Gasteiger partial charge in [0.1, 0.15) is 35.7 Å². The number of imidazole rings is 2. The van der Waals surface area contributed by atoms with Gasteiger partial charge in [-0.05, 0) is 85.0 Å². The normalized spacial score (nSPS) is 14.6. The number of hydrogen-bond donors (Lipinski definition) is 2. The fraction of sp³-hybridized carbons (Fsp3) is 0.385. The van der Waals surface area contributed by atoms with Crippen molar-refractivity contribution in [3.05, 3.63) is 101 Å². The summed E-state index contributed by atoms with van der Waals surface area (Å²) in [5.74, 6) is 4.02. The molecule has 2 fully saturated rings. The van der Waals surface area contributed by atoms with Gasteiger partial charge in [-0.25, -0.2) is 14.8 Å². The monoisotopic (exact) mass is 1080 g/mol. The van der Waals surface area contributed by atoms with Gasteiger partial charge in [0.2, 0.25) is 23.5 Å². The Bertz CT molecular complexity index is 3510. The number of methoxy groups -OCH3 is 2. The van der Waals surface area contributed by atoms with E-state index in [9.17, 15) is 4.79 Å². The molecule has 0 aliphatic carbocycles. The molecule has 10 heterocycles. The van der Waals surface area contributed by atoms with E-state index in [1.54, 1.807) is 61.1 Å². The minimum Gasteiger partial charge on any atom is -0.491 e. The third kappa shape index (κ3) is 10.5. The van der Waals surface area contributed by atoms with E-state index in [0.717, 1.165) is 82.5 Å². The van der Waals surface area contributed by atoms with Crippen molar-refractivity contribution in [1.29, 1.82) is 0 Å². The lowest BCUT2D eigenvalue weighted by atomic mass is 10.2. The summed E-state index contributed by atoms with van der Waals surface area (Å²) in [6, 6.07) is 23.6. The topological polar surface area (TPSA) is 251 Å². The first-order valence-corrected chi connectivity index (χ1v) is 26.2. The number of nitrogens with two attached hydrogens (primary N) is 2. The van der Waals surface area contributed by atoms with Crippen molar-refractivity contribution >= 4 is 69.1 Å². The van der Waals surface area contributed by atoms with Crippen LogP contribution in [0.1, 0.15) is 0 Å². The zero-order chi connectivity index (χ0) is 53.9. The molecule has 4 N–H and O–H groups in total. The molecule has 2 saturated heterocycles. The Labute approximate surface area is 452 Å². The van der Waals surface area contributed by atoms with E-state index in [0.29, 0.717) is 95.6 Å². The molecule has 78 heavy (non-hydrogen) atoms. The number of piperazine rings is 2. The van der Waals surface area contributed by atoms with Crippen LogP contribution in [0.5, 0.6) is 11.5 Å². The van der Waals surface area contributed by atoms with Gasteiger partial charge in [-0.1, -0.05) is 0 Å². The first kappa shape index (κ1) is 51.8. The highest BCUT2D eigenvalue weighted by molar-refractivity contribution is 7.71. The standard InChI is InChI=1S/C26H31N9O4.C26H31N9O3S/c1-31-21-23(29-25(27)35-24(21)28-22(30-35)20-4-3-15-39-20)34(26(31)36)14-11-32-9-12-33(13-10-32)18-5-7-19(8-6-18)38-17-16-37-2;1-31-21-23(29-25(27)35-24(21)28-22(30-35)20-4-3-15-38-20)34(26(31)39)14-11-32-9-12-33(13-10-32)18-5-7-19(8-6-18)37-17-16-36-2/h2*3-8,15H,9-14,16-17H2,1-2H3,(H2,27,29). The third-order valence-corrected chi connectivity index (χ3v) is 14.7. The molecule has 0 amide bonds. The zero-order valence-corrected chi connectivity index (χ0v) is 44.8. The molecular formula is C52H62N18O7S. The van der Waals surface area contributed by atoms with Crippen molar-refractivity contribution in [2.24, 2.45) is 14.1 Å². The smallest absolute Gasteiger partial charge is 0.330 e. The van der Waals surface area contributed by atoms with Crippen molar-refractivity contribution in [1.82, 2.24) is 67.2 Å². The Hall–Kier alpha value is -8.30. The largest absolute Gasteiger partial charge is 0.491 e. The van der Waals surface area contributed by atoms with Crippen LogP contribution >= 0.6 is 12.2 Å². The molecule has 0 atom stereocenters. The number of aryl methyl sites for hydroxylation is 2. The lowest BCUT2D eigenvalue weighted by Gasteiger charge is -2.36. The van der Waals surface area contributed by atoms with Crippen molar-refractivity contribution in [2.75, 3.05) is 127 Å². The number of fused-ring (bicyclic) bond motifs is 6. The maximum absolute atomic E-state index is 13.2. The molecule has 26 heteroatoms. The van der Waals surface area contributed by atoms with E-state index in [4.69, 9.17) is 56.5 Å². The molecule has 2 aliphatic rings. The number of furan rings is 2. The van der Waals surface area contributed by atoms with Crippen LogP contribution in [-0.2, 0) is 36.7 Å². The van der Waals surface area contributed by atoms with Gasteiger partial charge < -0.3 is 53.6 Å². The van der Waals surface area contributed by atoms with E-state index in [2.05, 4.69) is 69.0 Å². The Morgan fingerprint density at radius 2 is 0.974 bits per heavy atom. The van der Waals surface area contributed by atoms with Gasteiger partial charge in [0.15, 0.2) is 38.9 Å². The van der Waals surface area contributed by atoms with Gasteiger partial charge in [-0.3, -0.25) is 23.5 Å². The number of benzene rings is 2. The lowest BCUT2D eigenvalue weighted by Crippen LogP contribution is -2.47. The summed E-state index contributed by atoms with van der Waals surface area (Å²) in [6.45, 7) is 12.4. The van der Waals surface area contributed by atoms with Crippen LogP contribution in [-0.4, -0.2) is 173 Å². The Morgan fingerprint density at radius 1 is 0.538 bits per heavy atom. The summed E-state index contributed by atoms with van der Waals surface area (Å²) in [5, 5.41) is 8.93. The first-order chi connectivity index (χ1) is 38.1. The van der Waals surface area contributed by atoms with Crippen LogP contribution in [0.3, 0.4) is 0 Å². The van der Waals surface area contributed by atoms with Gasteiger partial charge in [0, 0.05) is 118 Å². The fourth-order valence-corrected chi connectivity index (χ4v) is 10.2. The van der Waals surface area contributed by atoms with Crippen molar-refractivity contribution in [3.63, 3.8) is 0 Å². The summed E-state index contributed by atoms with van der Waals surface area (Å²) in [6.07, 6.45) is 3.15. The summed E-state index contributed by atoms with van der Waals surface area (Å²) in [7, 11) is 6.97. The van der Waals surface area contributed by atoms with Gasteiger partial charge in [0.05, 0.1) is 25.7 Å². The molecule has 2 aliphatic heterocycles. The van der Waals surface area contributed by atoms with Gasteiger partial charge in [-0.15, -0.1) is 10.2 Å². The molecule has 25 nitrogen and oxygen atoms in total. The predicted molar refractivity (Wildman–Crippen MR) is 297 cm³/mol. The van der Waals surface area contributed by atoms with Crippen LogP contribution in [0.4, 0.5) is 23.3 Å². The van der Waals surface area contributed by atoms with E-state index in [1.807, 2.05) is 46.5 Å². The number of nitrogen functional groups attached to an aromatic ring is 2. The Kier molecular flexibility index (Phi) is 15.1. The molecule has 0 saturated carbocycles. The van der Waals surface area contributed by atoms with Crippen molar-refractivity contribution < 1.29 is 27.8 Å². The van der Waals surface area contributed by atoms with Crippen LogP contribution < -0.4 is 36.4 Å². The highest BCUT2D eigenvalue weighted by Gasteiger charge is 2.25. The number of hydrogen-bond acceptors (Lipinski definition) is 20. The fourth-order valence-electron chi connectivity index (χ4n) is 9.94. The summed E-state index contributed by atoms with van der Waals surface area (Å²) in [4.78, 5) is 41.3. The third-order valence-electron chi connectivity index (χ3n) is 14.2. The van der Waals surface area contributed by atoms with Gasteiger partial charge in [0.25, 0.3) is 0 Å². The van der Waals surface area contributed by atoms with E-state index in [-0.39, 0.29) is 17.6 Å². The second kappa shape index (κ2) is 22.7. The average Bonchev–Trinajstić information content (AvgIpc) is 4.51. The number of anilines is 4. The summed E-state index contributed by atoms with van der Waals surface area (Å²) >= 11 is 5.81.